The Morgan fingerprint density at radius 2 is 2.11 bits per heavy atom. The highest BCUT2D eigenvalue weighted by Gasteiger charge is 2.31. The van der Waals surface area contributed by atoms with Crippen molar-refractivity contribution in [2.24, 2.45) is 0 Å². The number of carbonyl (C=O) groups excluding carboxylic acids is 1. The topological polar surface area (TPSA) is 84.7 Å². The Kier molecular flexibility index (Phi) is 6.26. The van der Waals surface area contributed by atoms with E-state index < -0.39 is 4.92 Å². The molecular formula is C21H25N3O4. The summed E-state index contributed by atoms with van der Waals surface area (Å²) in [5.74, 6) is -0.173. The van der Waals surface area contributed by atoms with E-state index in [4.69, 9.17) is 4.74 Å². The number of hydrogen-bond acceptors (Lipinski definition) is 5. The zero-order chi connectivity index (χ0) is 20.1. The lowest BCUT2D eigenvalue weighted by Gasteiger charge is -2.37. The second-order valence-electron chi connectivity index (χ2n) is 6.78. The molecule has 1 unspecified atom stereocenters. The van der Waals surface area contributed by atoms with Crippen LogP contribution in [0.2, 0.25) is 0 Å². The molecule has 0 saturated carbocycles. The van der Waals surface area contributed by atoms with Gasteiger partial charge in [-0.1, -0.05) is 31.2 Å². The van der Waals surface area contributed by atoms with Crippen LogP contribution in [0.15, 0.2) is 42.5 Å². The molecule has 7 heteroatoms. The molecule has 0 aromatic heterocycles. The number of fused-ring (bicyclic) bond motifs is 1. The lowest BCUT2D eigenvalue weighted by molar-refractivity contribution is -0.384. The van der Waals surface area contributed by atoms with Crippen molar-refractivity contribution in [3.63, 3.8) is 0 Å². The zero-order valence-electron chi connectivity index (χ0n) is 16.2. The summed E-state index contributed by atoms with van der Waals surface area (Å²) in [5, 5.41) is 14.5. The minimum Gasteiger partial charge on any atom is -0.383 e. The lowest BCUT2D eigenvalue weighted by Crippen LogP contribution is -2.39. The number of hydrogen-bond donors (Lipinski definition) is 1. The number of rotatable bonds is 7. The molecule has 1 heterocycles. The van der Waals surface area contributed by atoms with E-state index in [9.17, 15) is 14.9 Å². The number of nitro benzene ring substituents is 1. The third kappa shape index (κ3) is 3.99. The predicted molar refractivity (Wildman–Crippen MR) is 108 cm³/mol. The van der Waals surface area contributed by atoms with Gasteiger partial charge in [0.15, 0.2) is 0 Å². The molecule has 3 rings (SSSR count). The molecule has 28 heavy (non-hydrogen) atoms. The van der Waals surface area contributed by atoms with Gasteiger partial charge in [-0.15, -0.1) is 0 Å². The summed E-state index contributed by atoms with van der Waals surface area (Å²) in [6.07, 6.45) is 1.58. The van der Waals surface area contributed by atoms with E-state index in [1.807, 2.05) is 17.0 Å². The first-order valence-electron chi connectivity index (χ1n) is 9.46. The monoisotopic (exact) mass is 383 g/mol. The number of ether oxygens (including phenoxy) is 1. The van der Waals surface area contributed by atoms with Gasteiger partial charge in [0.05, 0.1) is 17.6 Å². The van der Waals surface area contributed by atoms with Gasteiger partial charge in [0.1, 0.15) is 5.69 Å². The number of carbonyl (C=O) groups is 1. The van der Waals surface area contributed by atoms with Crippen LogP contribution in [0, 0.1) is 10.1 Å². The van der Waals surface area contributed by atoms with E-state index in [1.165, 1.54) is 11.6 Å². The van der Waals surface area contributed by atoms with Crippen molar-refractivity contribution in [1.29, 1.82) is 0 Å². The van der Waals surface area contributed by atoms with Crippen molar-refractivity contribution in [1.82, 2.24) is 4.90 Å². The van der Waals surface area contributed by atoms with Crippen molar-refractivity contribution in [3.05, 3.63) is 69.3 Å². The van der Waals surface area contributed by atoms with Crippen LogP contribution in [-0.2, 0) is 11.2 Å². The number of amides is 1. The quantitative estimate of drug-likeness (QED) is 0.447. The molecule has 1 N–H and O–H groups in total. The second kappa shape index (κ2) is 8.84. The van der Waals surface area contributed by atoms with E-state index in [1.54, 1.807) is 19.2 Å². The van der Waals surface area contributed by atoms with E-state index in [-0.39, 0.29) is 17.6 Å². The lowest BCUT2D eigenvalue weighted by atomic mass is 9.90. The third-order valence-corrected chi connectivity index (χ3v) is 5.12. The molecular weight excluding hydrogens is 358 g/mol. The normalized spacial score (nSPS) is 15.8. The molecule has 1 atom stereocenters. The smallest absolute Gasteiger partial charge is 0.293 e. The molecule has 0 aliphatic carbocycles. The van der Waals surface area contributed by atoms with Crippen LogP contribution in [0.3, 0.4) is 0 Å². The van der Waals surface area contributed by atoms with Gasteiger partial charge >= 0.3 is 0 Å². The maximum atomic E-state index is 13.2. The fraction of sp³-hybridized carbons (Fsp3) is 0.381. The number of anilines is 1. The first-order valence-corrected chi connectivity index (χ1v) is 9.46. The molecule has 0 spiro atoms. The highest BCUT2D eigenvalue weighted by molar-refractivity contribution is 5.96. The highest BCUT2D eigenvalue weighted by Crippen LogP contribution is 2.34. The maximum absolute atomic E-state index is 13.2. The van der Waals surface area contributed by atoms with E-state index >= 15 is 0 Å². The van der Waals surface area contributed by atoms with E-state index in [0.29, 0.717) is 30.9 Å². The molecule has 7 nitrogen and oxygen atoms in total. The van der Waals surface area contributed by atoms with Crippen LogP contribution in [0.4, 0.5) is 11.4 Å². The molecule has 0 bridgehead atoms. The molecule has 0 fully saturated rings. The van der Waals surface area contributed by atoms with Crippen molar-refractivity contribution >= 4 is 17.3 Å². The Hall–Kier alpha value is -2.93. The molecule has 0 saturated heterocycles. The summed E-state index contributed by atoms with van der Waals surface area (Å²) < 4.78 is 4.96. The van der Waals surface area contributed by atoms with Gasteiger partial charge < -0.3 is 15.0 Å². The number of nitrogens with zero attached hydrogens (tertiary/aromatic N) is 2. The van der Waals surface area contributed by atoms with Gasteiger partial charge in [-0.05, 0) is 36.1 Å². The van der Waals surface area contributed by atoms with Crippen LogP contribution < -0.4 is 5.32 Å². The van der Waals surface area contributed by atoms with Crippen LogP contribution >= 0.6 is 0 Å². The fourth-order valence-corrected chi connectivity index (χ4v) is 3.75. The second-order valence-corrected chi connectivity index (χ2v) is 6.78. The molecule has 1 aliphatic heterocycles. The molecule has 2 aromatic rings. The fourth-order valence-electron chi connectivity index (χ4n) is 3.75. The van der Waals surface area contributed by atoms with Gasteiger partial charge in [-0.25, -0.2) is 0 Å². The summed E-state index contributed by atoms with van der Waals surface area (Å²) in [5.41, 5.74) is 3.04. The Balaban J connectivity index is 1.87. The first kappa shape index (κ1) is 19.8. The molecule has 1 amide bonds. The van der Waals surface area contributed by atoms with Crippen LogP contribution in [0.5, 0.6) is 0 Å². The van der Waals surface area contributed by atoms with Gasteiger partial charge in [0.2, 0.25) is 0 Å². The van der Waals surface area contributed by atoms with Gasteiger partial charge in [0.25, 0.3) is 11.6 Å². The summed E-state index contributed by atoms with van der Waals surface area (Å²) in [4.78, 5) is 26.1. The summed E-state index contributed by atoms with van der Waals surface area (Å²) >= 11 is 0. The van der Waals surface area contributed by atoms with Crippen molar-refractivity contribution in [2.45, 2.75) is 25.8 Å². The van der Waals surface area contributed by atoms with E-state index in [0.717, 1.165) is 18.4 Å². The largest absolute Gasteiger partial charge is 0.383 e. The van der Waals surface area contributed by atoms with Gasteiger partial charge in [-0.2, -0.15) is 0 Å². The number of methoxy groups -OCH3 is 1. The number of nitro groups is 1. The highest BCUT2D eigenvalue weighted by atomic mass is 16.6. The molecule has 1 aliphatic rings. The minimum absolute atomic E-state index is 0.0176. The van der Waals surface area contributed by atoms with Crippen LogP contribution in [0.25, 0.3) is 0 Å². The minimum atomic E-state index is -0.464. The average Bonchev–Trinajstić information content (AvgIpc) is 2.72. The number of nitrogens with one attached hydrogen (secondary N) is 1. The van der Waals surface area contributed by atoms with Crippen LogP contribution in [0.1, 0.15) is 40.9 Å². The number of benzene rings is 2. The third-order valence-electron chi connectivity index (χ3n) is 5.12. The Labute approximate surface area is 164 Å². The Morgan fingerprint density at radius 1 is 1.32 bits per heavy atom. The summed E-state index contributed by atoms with van der Waals surface area (Å²) in [6, 6.07) is 12.8. The SMILES string of the molecule is CCC1c2ccccc2CCN1C(=O)c1ccc(NCCOC)c([N+](=O)[O-])c1. The van der Waals surface area contributed by atoms with E-state index in [2.05, 4.69) is 24.4 Å². The van der Waals surface area contributed by atoms with Crippen molar-refractivity contribution in [3.8, 4) is 0 Å². The standard InChI is InChI=1S/C21H25N3O4/c1-3-19-17-7-5-4-6-15(17)10-12-23(19)21(25)16-8-9-18(22-11-13-28-2)20(14-16)24(26)27/h4-9,14,19,22H,3,10-13H2,1-2H3. The van der Waals surface area contributed by atoms with Crippen molar-refractivity contribution in [2.75, 3.05) is 32.1 Å². The zero-order valence-corrected chi connectivity index (χ0v) is 16.2. The Bertz CT molecular complexity index is 868. The van der Waals surface area contributed by atoms with Crippen LogP contribution in [-0.4, -0.2) is 42.5 Å². The molecule has 2 aromatic carbocycles. The first-order chi connectivity index (χ1) is 13.6. The predicted octanol–water partition coefficient (Wildman–Crippen LogP) is 3.80. The maximum Gasteiger partial charge on any atom is 0.293 e. The average molecular weight is 383 g/mol. The van der Waals surface area contributed by atoms with Gasteiger partial charge in [0, 0.05) is 31.8 Å². The van der Waals surface area contributed by atoms with Crippen molar-refractivity contribution < 1.29 is 14.5 Å². The molecule has 148 valence electrons. The Morgan fingerprint density at radius 3 is 2.82 bits per heavy atom. The van der Waals surface area contributed by atoms with Gasteiger partial charge in [-0.3, -0.25) is 14.9 Å². The molecule has 0 radical (unpaired) electrons. The summed E-state index contributed by atoms with van der Waals surface area (Å²) in [7, 11) is 1.57. The summed E-state index contributed by atoms with van der Waals surface area (Å²) in [6.45, 7) is 3.54.